The van der Waals surface area contributed by atoms with Crippen molar-refractivity contribution in [3.63, 3.8) is 0 Å². The molecule has 0 radical (unpaired) electrons. The molecule has 2 aliphatic rings. The second kappa shape index (κ2) is 4.20. The lowest BCUT2D eigenvalue weighted by molar-refractivity contribution is -0.145. The maximum atomic E-state index is 12.1. The third-order valence-electron chi connectivity index (χ3n) is 3.38. The van der Waals surface area contributed by atoms with E-state index in [2.05, 4.69) is 8.92 Å². The molecule has 0 aromatic heterocycles. The summed E-state index contributed by atoms with van der Waals surface area (Å²) >= 11 is 0. The first kappa shape index (κ1) is 14.3. The molecule has 3 atom stereocenters. The van der Waals surface area contributed by atoms with Crippen LogP contribution in [0.2, 0.25) is 0 Å². The van der Waals surface area contributed by atoms with E-state index in [1.807, 2.05) is 0 Å². The summed E-state index contributed by atoms with van der Waals surface area (Å²) in [5, 5.41) is 0. The van der Waals surface area contributed by atoms with Crippen LogP contribution in [0.15, 0.2) is 12.2 Å². The number of carbonyl (C=O) groups excluding carboxylic acids is 1. The van der Waals surface area contributed by atoms with Crippen LogP contribution >= 0.6 is 0 Å². The molecule has 2 rings (SSSR count). The molecule has 0 saturated heterocycles. The number of hydrogen-bond acceptors (Lipinski definition) is 5. The van der Waals surface area contributed by atoms with Gasteiger partial charge in [-0.2, -0.15) is 21.6 Å². The van der Waals surface area contributed by atoms with Gasteiger partial charge in [0, 0.05) is 0 Å². The number of esters is 1. The second-order valence-electron chi connectivity index (χ2n) is 4.56. The first-order chi connectivity index (χ1) is 8.62. The SMILES string of the molecule is COC(=O)C12C=CC(OS(=O)(=O)C(F)(F)F)CC1C2. The Morgan fingerprint density at radius 1 is 1.42 bits per heavy atom. The standard InChI is InChI=1S/C10H11F3O5S/c1-17-8(14)9-3-2-7(4-6(9)5-9)18-19(15,16)10(11,12)13/h2-3,6-7H,4-5H2,1H3. The van der Waals surface area contributed by atoms with Gasteiger partial charge in [-0.15, -0.1) is 0 Å². The minimum absolute atomic E-state index is 0.0426. The molecule has 0 aromatic rings. The Morgan fingerprint density at radius 3 is 2.53 bits per heavy atom. The predicted octanol–water partition coefficient (Wildman–Crippen LogP) is 1.36. The summed E-state index contributed by atoms with van der Waals surface area (Å²) in [5.74, 6) is -0.704. The molecule has 108 valence electrons. The van der Waals surface area contributed by atoms with Gasteiger partial charge in [0.2, 0.25) is 0 Å². The van der Waals surface area contributed by atoms with Crippen molar-refractivity contribution in [2.24, 2.45) is 11.3 Å². The quantitative estimate of drug-likeness (QED) is 0.341. The highest BCUT2D eigenvalue weighted by Crippen LogP contribution is 2.59. The number of methoxy groups -OCH3 is 1. The Balaban J connectivity index is 2.08. The van der Waals surface area contributed by atoms with E-state index in [4.69, 9.17) is 0 Å². The third kappa shape index (κ3) is 2.36. The van der Waals surface area contributed by atoms with Gasteiger partial charge in [0.1, 0.15) is 0 Å². The van der Waals surface area contributed by atoms with E-state index in [1.165, 1.54) is 19.3 Å². The monoisotopic (exact) mass is 300 g/mol. The highest BCUT2D eigenvalue weighted by atomic mass is 32.2. The summed E-state index contributed by atoms with van der Waals surface area (Å²) in [6.07, 6.45) is 1.83. The largest absolute Gasteiger partial charge is 0.523 e. The summed E-state index contributed by atoms with van der Waals surface area (Å²) in [6, 6.07) is 0. The Morgan fingerprint density at radius 2 is 2.05 bits per heavy atom. The smallest absolute Gasteiger partial charge is 0.468 e. The van der Waals surface area contributed by atoms with Crippen LogP contribution < -0.4 is 0 Å². The van der Waals surface area contributed by atoms with Crippen LogP contribution in [-0.4, -0.2) is 33.1 Å². The van der Waals surface area contributed by atoms with E-state index in [0.717, 1.165) is 0 Å². The molecule has 0 N–H and O–H groups in total. The van der Waals surface area contributed by atoms with Crippen molar-refractivity contribution in [1.29, 1.82) is 0 Å². The first-order valence-electron chi connectivity index (χ1n) is 5.40. The highest BCUT2D eigenvalue weighted by molar-refractivity contribution is 7.87. The second-order valence-corrected chi connectivity index (χ2v) is 6.13. The minimum atomic E-state index is -5.62. The fourth-order valence-electron chi connectivity index (χ4n) is 2.28. The lowest BCUT2D eigenvalue weighted by atomic mass is 9.94. The van der Waals surface area contributed by atoms with Crippen LogP contribution in [0.4, 0.5) is 13.2 Å². The molecule has 3 unspecified atom stereocenters. The van der Waals surface area contributed by atoms with E-state index >= 15 is 0 Å². The van der Waals surface area contributed by atoms with Crippen LogP contribution in [0.3, 0.4) is 0 Å². The van der Waals surface area contributed by atoms with Gasteiger partial charge in [-0.1, -0.05) is 12.2 Å². The Kier molecular flexibility index (Phi) is 3.17. The number of halogens is 3. The van der Waals surface area contributed by atoms with Gasteiger partial charge in [0.05, 0.1) is 18.6 Å². The molecule has 0 amide bonds. The van der Waals surface area contributed by atoms with Crippen molar-refractivity contribution in [2.45, 2.75) is 24.5 Å². The average molecular weight is 300 g/mol. The number of fused-ring (bicyclic) bond motifs is 1. The Bertz CT molecular complexity index is 524. The Labute approximate surface area is 107 Å². The van der Waals surface area contributed by atoms with Crippen molar-refractivity contribution in [1.82, 2.24) is 0 Å². The average Bonchev–Trinajstić information content (AvgIpc) is 3.00. The molecule has 0 aromatic carbocycles. The van der Waals surface area contributed by atoms with E-state index in [9.17, 15) is 26.4 Å². The van der Waals surface area contributed by atoms with E-state index in [-0.39, 0.29) is 12.3 Å². The van der Waals surface area contributed by atoms with Crippen molar-refractivity contribution in [3.8, 4) is 0 Å². The van der Waals surface area contributed by atoms with Crippen molar-refractivity contribution >= 4 is 16.1 Å². The number of rotatable bonds is 3. The van der Waals surface area contributed by atoms with Gasteiger partial charge in [0.15, 0.2) is 0 Å². The van der Waals surface area contributed by atoms with Crippen LogP contribution in [0.25, 0.3) is 0 Å². The third-order valence-corrected chi connectivity index (χ3v) is 4.44. The number of alkyl halides is 3. The summed E-state index contributed by atoms with van der Waals surface area (Å²) in [4.78, 5) is 11.5. The van der Waals surface area contributed by atoms with Gasteiger partial charge in [-0.3, -0.25) is 8.98 Å². The molecule has 1 fully saturated rings. The van der Waals surface area contributed by atoms with Crippen LogP contribution in [0.5, 0.6) is 0 Å². The predicted molar refractivity (Wildman–Crippen MR) is 56.2 cm³/mol. The molecule has 0 bridgehead atoms. The van der Waals surface area contributed by atoms with Crippen molar-refractivity contribution < 1.29 is 35.3 Å². The molecule has 0 spiro atoms. The van der Waals surface area contributed by atoms with Crippen LogP contribution in [0.1, 0.15) is 12.8 Å². The molecule has 0 heterocycles. The zero-order valence-electron chi connectivity index (χ0n) is 9.81. The fourth-order valence-corrected chi connectivity index (χ4v) is 2.86. The number of carbonyl (C=O) groups is 1. The minimum Gasteiger partial charge on any atom is -0.468 e. The molecule has 1 saturated carbocycles. The van der Waals surface area contributed by atoms with E-state index in [1.54, 1.807) is 0 Å². The number of hydrogen-bond donors (Lipinski definition) is 0. The topological polar surface area (TPSA) is 69.7 Å². The maximum Gasteiger partial charge on any atom is 0.523 e. The van der Waals surface area contributed by atoms with Gasteiger partial charge < -0.3 is 4.74 Å². The molecular formula is C10H11F3O5S. The van der Waals surface area contributed by atoms with E-state index in [0.29, 0.717) is 6.42 Å². The zero-order valence-corrected chi connectivity index (χ0v) is 10.6. The zero-order chi connectivity index (χ0) is 14.5. The van der Waals surface area contributed by atoms with Gasteiger partial charge >= 0.3 is 21.6 Å². The molecule has 19 heavy (non-hydrogen) atoms. The summed E-state index contributed by atoms with van der Waals surface area (Å²) in [5.41, 5.74) is -6.25. The Hall–Kier alpha value is -1.09. The number of ether oxygens (including phenoxy) is 1. The van der Waals surface area contributed by atoms with Gasteiger partial charge in [-0.05, 0) is 18.8 Å². The van der Waals surface area contributed by atoms with Crippen molar-refractivity contribution in [2.75, 3.05) is 7.11 Å². The molecule has 2 aliphatic carbocycles. The van der Waals surface area contributed by atoms with Gasteiger partial charge in [-0.25, -0.2) is 0 Å². The summed E-state index contributed by atoms with van der Waals surface area (Å²) in [6.45, 7) is 0. The molecule has 9 heteroatoms. The van der Waals surface area contributed by atoms with Crippen LogP contribution in [-0.2, 0) is 23.8 Å². The van der Waals surface area contributed by atoms with Gasteiger partial charge in [0.25, 0.3) is 0 Å². The maximum absolute atomic E-state index is 12.1. The van der Waals surface area contributed by atoms with E-state index < -0.39 is 33.1 Å². The summed E-state index contributed by atoms with van der Waals surface area (Å²) in [7, 11) is -4.40. The molecular weight excluding hydrogens is 289 g/mol. The summed E-state index contributed by atoms with van der Waals surface area (Å²) < 4.78 is 66.8. The normalized spacial score (nSPS) is 33.7. The van der Waals surface area contributed by atoms with Crippen molar-refractivity contribution in [3.05, 3.63) is 12.2 Å². The lowest BCUT2D eigenvalue weighted by Crippen LogP contribution is -2.32. The molecule has 5 nitrogen and oxygen atoms in total. The lowest BCUT2D eigenvalue weighted by Gasteiger charge is -2.21. The fraction of sp³-hybridized carbons (Fsp3) is 0.700. The first-order valence-corrected chi connectivity index (χ1v) is 6.80. The molecule has 0 aliphatic heterocycles. The highest BCUT2D eigenvalue weighted by Gasteiger charge is 2.61. The van der Waals surface area contributed by atoms with Crippen LogP contribution in [0, 0.1) is 11.3 Å².